The Labute approximate surface area is 117 Å². The number of pyridine rings is 1. The zero-order valence-corrected chi connectivity index (χ0v) is 10.7. The molecular formula is C16H9NO4. The molecule has 5 nitrogen and oxygen atoms in total. The largest absolute Gasteiger partial charge is 0.508 e. The number of nitrogens with one attached hydrogen (secondary N) is 1. The Kier molecular flexibility index (Phi) is 2.21. The fourth-order valence-corrected chi connectivity index (χ4v) is 2.57. The van der Waals surface area contributed by atoms with Gasteiger partial charge in [-0.15, -0.1) is 0 Å². The minimum absolute atomic E-state index is 0.0132. The molecule has 2 N–H and O–H groups in total. The Morgan fingerprint density at radius 2 is 1.76 bits per heavy atom. The number of hydrogen-bond donors (Lipinski definition) is 2. The third-order valence-corrected chi connectivity index (χ3v) is 3.54. The van der Waals surface area contributed by atoms with E-state index in [-0.39, 0.29) is 11.3 Å². The molecule has 2 heterocycles. The van der Waals surface area contributed by atoms with Crippen molar-refractivity contribution in [3.63, 3.8) is 0 Å². The zero-order chi connectivity index (χ0) is 14.6. The number of H-pyrrole nitrogens is 1. The number of aromatic nitrogens is 1. The van der Waals surface area contributed by atoms with Crippen LogP contribution in [0.1, 0.15) is 0 Å². The fourth-order valence-electron chi connectivity index (χ4n) is 2.57. The average Bonchev–Trinajstić information content (AvgIpc) is 2.46. The normalized spacial score (nSPS) is 11.4. The van der Waals surface area contributed by atoms with Gasteiger partial charge in [-0.3, -0.25) is 4.79 Å². The standard InChI is InChI=1S/C16H9NO4/c18-9-2-3-10-11-5-8-1-4-15(19)17-13(8)7-14(11)21-16(20)12(10)6-9/h1-7,18H,(H,17,19). The Morgan fingerprint density at radius 3 is 2.62 bits per heavy atom. The van der Waals surface area contributed by atoms with Gasteiger partial charge in [0.05, 0.1) is 10.9 Å². The van der Waals surface area contributed by atoms with Gasteiger partial charge in [0, 0.05) is 22.9 Å². The Morgan fingerprint density at radius 1 is 0.905 bits per heavy atom. The van der Waals surface area contributed by atoms with Gasteiger partial charge in [-0.25, -0.2) is 4.79 Å². The number of aromatic amines is 1. The molecule has 0 unspecified atom stereocenters. The summed E-state index contributed by atoms with van der Waals surface area (Å²) in [5.41, 5.74) is 0.268. The first-order valence-electron chi connectivity index (χ1n) is 6.34. The van der Waals surface area contributed by atoms with Crippen molar-refractivity contribution in [2.24, 2.45) is 0 Å². The number of phenolic OH excluding ortho intramolecular Hbond substituents is 1. The summed E-state index contributed by atoms with van der Waals surface area (Å²) in [5, 5.41) is 12.1. The van der Waals surface area contributed by atoms with Gasteiger partial charge in [0.1, 0.15) is 11.3 Å². The molecule has 2 aromatic heterocycles. The van der Waals surface area contributed by atoms with Crippen LogP contribution in [0, 0.1) is 0 Å². The second kappa shape index (κ2) is 3.96. The molecular weight excluding hydrogens is 270 g/mol. The smallest absolute Gasteiger partial charge is 0.344 e. The van der Waals surface area contributed by atoms with E-state index in [1.54, 1.807) is 18.2 Å². The topological polar surface area (TPSA) is 83.3 Å². The molecule has 5 heteroatoms. The number of benzene rings is 2. The number of phenols is 1. The Balaban J connectivity index is 2.27. The van der Waals surface area contributed by atoms with E-state index in [0.29, 0.717) is 21.9 Å². The maximum absolute atomic E-state index is 12.0. The van der Waals surface area contributed by atoms with Crippen molar-refractivity contribution in [3.05, 3.63) is 63.2 Å². The van der Waals surface area contributed by atoms with Crippen molar-refractivity contribution in [3.8, 4) is 5.75 Å². The highest BCUT2D eigenvalue weighted by atomic mass is 16.4. The van der Waals surface area contributed by atoms with Crippen molar-refractivity contribution in [2.45, 2.75) is 0 Å². The van der Waals surface area contributed by atoms with Gasteiger partial charge < -0.3 is 14.5 Å². The van der Waals surface area contributed by atoms with Crippen LogP contribution in [0.2, 0.25) is 0 Å². The van der Waals surface area contributed by atoms with Crippen LogP contribution in [0.4, 0.5) is 0 Å². The van der Waals surface area contributed by atoms with Crippen LogP contribution in [0.5, 0.6) is 5.75 Å². The monoisotopic (exact) mass is 279 g/mol. The van der Waals surface area contributed by atoms with Gasteiger partial charge in [0.25, 0.3) is 0 Å². The van der Waals surface area contributed by atoms with E-state index in [1.807, 2.05) is 6.07 Å². The number of hydrogen-bond acceptors (Lipinski definition) is 4. The minimum Gasteiger partial charge on any atom is -0.508 e. The zero-order valence-electron chi connectivity index (χ0n) is 10.7. The van der Waals surface area contributed by atoms with Crippen molar-refractivity contribution in [1.82, 2.24) is 4.98 Å². The summed E-state index contributed by atoms with van der Waals surface area (Å²) in [5.74, 6) is 0.0132. The van der Waals surface area contributed by atoms with Crippen molar-refractivity contribution >= 4 is 32.6 Å². The maximum atomic E-state index is 12.0. The van der Waals surface area contributed by atoms with Crippen LogP contribution < -0.4 is 11.2 Å². The first kappa shape index (κ1) is 11.7. The number of fused-ring (bicyclic) bond motifs is 4. The highest BCUT2D eigenvalue weighted by molar-refractivity contribution is 6.08. The molecule has 4 rings (SSSR count). The van der Waals surface area contributed by atoms with Crippen molar-refractivity contribution < 1.29 is 9.52 Å². The minimum atomic E-state index is -0.522. The predicted molar refractivity (Wildman–Crippen MR) is 79.8 cm³/mol. The summed E-state index contributed by atoms with van der Waals surface area (Å²) in [7, 11) is 0. The van der Waals surface area contributed by atoms with Crippen LogP contribution >= 0.6 is 0 Å². The van der Waals surface area contributed by atoms with Gasteiger partial charge in [-0.05, 0) is 35.7 Å². The predicted octanol–water partition coefficient (Wildman–Crippen LogP) is 2.49. The molecule has 0 aliphatic carbocycles. The first-order valence-corrected chi connectivity index (χ1v) is 6.34. The van der Waals surface area contributed by atoms with E-state index in [1.165, 1.54) is 18.2 Å². The van der Waals surface area contributed by atoms with Gasteiger partial charge in [0.15, 0.2) is 0 Å². The second-order valence-electron chi connectivity index (χ2n) is 4.88. The SMILES string of the molecule is O=c1ccc2cc3c(cc2[nH]1)oc(=O)c1cc(O)ccc13. The van der Waals surface area contributed by atoms with E-state index >= 15 is 0 Å². The molecule has 0 bridgehead atoms. The van der Waals surface area contributed by atoms with Gasteiger partial charge in [-0.2, -0.15) is 0 Å². The average molecular weight is 279 g/mol. The summed E-state index contributed by atoms with van der Waals surface area (Å²) in [6.07, 6.45) is 0. The van der Waals surface area contributed by atoms with Crippen molar-refractivity contribution in [1.29, 1.82) is 0 Å². The lowest BCUT2D eigenvalue weighted by Gasteiger charge is -2.05. The summed E-state index contributed by atoms with van der Waals surface area (Å²) in [6, 6.07) is 11.2. The summed E-state index contributed by atoms with van der Waals surface area (Å²) in [6.45, 7) is 0. The molecule has 2 aromatic carbocycles. The van der Waals surface area contributed by atoms with Crippen LogP contribution in [0.15, 0.2) is 56.5 Å². The Bertz CT molecular complexity index is 1140. The summed E-state index contributed by atoms with van der Waals surface area (Å²) < 4.78 is 5.29. The lowest BCUT2D eigenvalue weighted by molar-refractivity contribution is 0.475. The van der Waals surface area contributed by atoms with Gasteiger partial charge >= 0.3 is 5.63 Å². The highest BCUT2D eigenvalue weighted by Gasteiger charge is 2.09. The van der Waals surface area contributed by atoms with E-state index in [0.717, 1.165) is 10.8 Å². The summed E-state index contributed by atoms with van der Waals surface area (Å²) >= 11 is 0. The molecule has 0 saturated carbocycles. The third kappa shape index (κ3) is 1.71. The van der Waals surface area contributed by atoms with E-state index in [2.05, 4.69) is 4.98 Å². The summed E-state index contributed by atoms with van der Waals surface area (Å²) in [4.78, 5) is 26.1. The third-order valence-electron chi connectivity index (χ3n) is 3.54. The van der Waals surface area contributed by atoms with Gasteiger partial charge in [-0.1, -0.05) is 0 Å². The number of aromatic hydroxyl groups is 1. The second-order valence-corrected chi connectivity index (χ2v) is 4.88. The lowest BCUT2D eigenvalue weighted by atomic mass is 10.1. The molecule has 0 fully saturated rings. The molecule has 0 aliphatic heterocycles. The van der Waals surface area contributed by atoms with E-state index in [4.69, 9.17) is 4.42 Å². The van der Waals surface area contributed by atoms with Crippen LogP contribution in [0.3, 0.4) is 0 Å². The lowest BCUT2D eigenvalue weighted by Crippen LogP contribution is -2.03. The van der Waals surface area contributed by atoms with Crippen LogP contribution in [-0.4, -0.2) is 10.1 Å². The Hall–Kier alpha value is -3.08. The number of rotatable bonds is 0. The molecule has 0 atom stereocenters. The quantitative estimate of drug-likeness (QED) is 0.294. The molecule has 4 aromatic rings. The molecule has 0 radical (unpaired) electrons. The highest BCUT2D eigenvalue weighted by Crippen LogP contribution is 2.28. The van der Waals surface area contributed by atoms with Crippen molar-refractivity contribution in [2.75, 3.05) is 0 Å². The molecule has 102 valence electrons. The van der Waals surface area contributed by atoms with E-state index in [9.17, 15) is 14.7 Å². The van der Waals surface area contributed by atoms with E-state index < -0.39 is 5.63 Å². The van der Waals surface area contributed by atoms with Gasteiger partial charge in [0.2, 0.25) is 5.56 Å². The van der Waals surface area contributed by atoms with Crippen LogP contribution in [0.25, 0.3) is 32.6 Å². The van der Waals surface area contributed by atoms with Crippen LogP contribution in [-0.2, 0) is 0 Å². The molecule has 21 heavy (non-hydrogen) atoms. The first-order chi connectivity index (χ1) is 10.1. The fraction of sp³-hybridized carbons (Fsp3) is 0. The molecule has 0 amide bonds. The maximum Gasteiger partial charge on any atom is 0.344 e. The molecule has 0 aliphatic rings. The molecule has 0 spiro atoms. The molecule has 0 saturated heterocycles.